The molecule has 4 rings (SSSR count). The van der Waals surface area contributed by atoms with Crippen LogP contribution in [0.5, 0.6) is 0 Å². The number of H-pyrrole nitrogens is 1. The average molecular weight is 444 g/mol. The van der Waals surface area contributed by atoms with Crippen LogP contribution in [0.3, 0.4) is 0 Å². The standard InChI is InChI=1S/C26H25N3O4/c1-5-33-26(31)20-14-21(17-8-12-19(13-9-17)25(30)32-4)27-24-22(20)23(28-29-24)18-10-6-16(7-11-18)15(2)3/h6-15H,5H2,1-4H3,(H,27,28,29). The first-order valence-electron chi connectivity index (χ1n) is 10.8. The van der Waals surface area contributed by atoms with Crippen LogP contribution < -0.4 is 0 Å². The van der Waals surface area contributed by atoms with Crippen LogP contribution in [-0.4, -0.2) is 40.8 Å². The molecular formula is C26H25N3O4. The molecule has 0 aliphatic rings. The maximum atomic E-state index is 12.9. The number of rotatable bonds is 6. The Bertz CT molecular complexity index is 1310. The number of benzene rings is 2. The Morgan fingerprint density at radius 2 is 1.64 bits per heavy atom. The van der Waals surface area contributed by atoms with Gasteiger partial charge in [0.1, 0.15) is 0 Å². The van der Waals surface area contributed by atoms with E-state index in [1.807, 2.05) is 12.1 Å². The topological polar surface area (TPSA) is 94.2 Å². The van der Waals surface area contributed by atoms with Crippen LogP contribution in [-0.2, 0) is 9.47 Å². The molecule has 7 nitrogen and oxygen atoms in total. The largest absolute Gasteiger partial charge is 0.465 e. The molecule has 0 unspecified atom stereocenters. The van der Waals surface area contributed by atoms with Gasteiger partial charge in [-0.25, -0.2) is 14.6 Å². The van der Waals surface area contributed by atoms with E-state index in [-0.39, 0.29) is 6.61 Å². The molecule has 2 heterocycles. The van der Waals surface area contributed by atoms with Crippen molar-refractivity contribution in [1.82, 2.24) is 15.2 Å². The van der Waals surface area contributed by atoms with Crippen molar-refractivity contribution in [2.45, 2.75) is 26.7 Å². The first-order chi connectivity index (χ1) is 15.9. The predicted octanol–water partition coefficient (Wildman–Crippen LogP) is 5.38. The lowest BCUT2D eigenvalue weighted by molar-refractivity contribution is 0.0527. The van der Waals surface area contributed by atoms with Crippen molar-refractivity contribution in [2.75, 3.05) is 13.7 Å². The Morgan fingerprint density at radius 1 is 0.970 bits per heavy atom. The van der Waals surface area contributed by atoms with Gasteiger partial charge in [0.05, 0.1) is 41.6 Å². The van der Waals surface area contributed by atoms with Gasteiger partial charge in [-0.15, -0.1) is 0 Å². The lowest BCUT2D eigenvalue weighted by atomic mass is 9.98. The molecule has 0 saturated heterocycles. The van der Waals surface area contributed by atoms with E-state index in [9.17, 15) is 9.59 Å². The summed E-state index contributed by atoms with van der Waals surface area (Å²) in [5, 5.41) is 8.04. The number of carbonyl (C=O) groups is 2. The quantitative estimate of drug-likeness (QED) is 0.402. The molecule has 7 heteroatoms. The highest BCUT2D eigenvalue weighted by atomic mass is 16.5. The monoisotopic (exact) mass is 443 g/mol. The fourth-order valence-electron chi connectivity index (χ4n) is 3.68. The zero-order valence-corrected chi connectivity index (χ0v) is 19.0. The Kier molecular flexibility index (Phi) is 6.22. The predicted molar refractivity (Wildman–Crippen MR) is 126 cm³/mol. The zero-order valence-electron chi connectivity index (χ0n) is 19.0. The molecule has 0 atom stereocenters. The Labute approximate surface area is 191 Å². The number of nitrogens with zero attached hydrogens (tertiary/aromatic N) is 2. The third kappa shape index (κ3) is 4.35. The maximum Gasteiger partial charge on any atom is 0.339 e. The molecular weight excluding hydrogens is 418 g/mol. The van der Waals surface area contributed by atoms with Crippen molar-refractivity contribution in [1.29, 1.82) is 0 Å². The SMILES string of the molecule is CCOC(=O)c1cc(-c2ccc(C(=O)OC)cc2)nc2n[nH]c(-c3ccc(C(C)C)cc3)c12. The molecule has 0 radical (unpaired) electrons. The lowest BCUT2D eigenvalue weighted by Gasteiger charge is -2.09. The van der Waals surface area contributed by atoms with E-state index in [4.69, 9.17) is 9.47 Å². The second-order valence-corrected chi connectivity index (χ2v) is 7.92. The summed E-state index contributed by atoms with van der Waals surface area (Å²) in [6, 6.07) is 16.7. The second kappa shape index (κ2) is 9.24. The number of carbonyl (C=O) groups excluding carboxylic acids is 2. The van der Waals surface area contributed by atoms with E-state index in [1.165, 1.54) is 12.7 Å². The van der Waals surface area contributed by atoms with Crippen LogP contribution in [0.4, 0.5) is 0 Å². The molecule has 0 saturated carbocycles. The minimum absolute atomic E-state index is 0.252. The fourth-order valence-corrected chi connectivity index (χ4v) is 3.68. The molecule has 0 spiro atoms. The molecule has 1 N–H and O–H groups in total. The first-order valence-corrected chi connectivity index (χ1v) is 10.8. The van der Waals surface area contributed by atoms with E-state index >= 15 is 0 Å². The number of esters is 2. The Balaban J connectivity index is 1.84. The minimum atomic E-state index is -0.446. The number of pyridine rings is 1. The van der Waals surface area contributed by atoms with Gasteiger partial charge in [-0.2, -0.15) is 5.10 Å². The van der Waals surface area contributed by atoms with Crippen LogP contribution in [0.15, 0.2) is 54.6 Å². The van der Waals surface area contributed by atoms with Crippen molar-refractivity contribution in [3.05, 3.63) is 71.3 Å². The number of nitrogens with one attached hydrogen (secondary N) is 1. The number of aromatic nitrogens is 3. The fraction of sp³-hybridized carbons (Fsp3) is 0.231. The molecule has 0 amide bonds. The van der Waals surface area contributed by atoms with Crippen LogP contribution in [0.25, 0.3) is 33.5 Å². The van der Waals surface area contributed by atoms with Crippen LogP contribution in [0.1, 0.15) is 53.0 Å². The Hall–Kier alpha value is -4.00. The molecule has 0 aliphatic carbocycles. The number of aromatic amines is 1. The van der Waals surface area contributed by atoms with E-state index in [2.05, 4.69) is 41.2 Å². The molecule has 2 aromatic heterocycles. The van der Waals surface area contributed by atoms with Crippen molar-refractivity contribution in [2.24, 2.45) is 0 Å². The van der Waals surface area contributed by atoms with E-state index in [1.54, 1.807) is 37.3 Å². The van der Waals surface area contributed by atoms with Gasteiger partial charge in [-0.05, 0) is 36.6 Å². The van der Waals surface area contributed by atoms with Gasteiger partial charge >= 0.3 is 11.9 Å². The Morgan fingerprint density at radius 3 is 2.24 bits per heavy atom. The maximum absolute atomic E-state index is 12.9. The molecule has 4 aromatic rings. The first kappa shape index (κ1) is 22.2. The highest BCUT2D eigenvalue weighted by molar-refractivity contribution is 6.09. The van der Waals surface area contributed by atoms with E-state index in [0.717, 1.165) is 11.1 Å². The van der Waals surface area contributed by atoms with Crippen LogP contribution in [0, 0.1) is 0 Å². The summed E-state index contributed by atoms with van der Waals surface area (Å²) in [7, 11) is 1.34. The van der Waals surface area contributed by atoms with Gasteiger partial charge in [0.25, 0.3) is 0 Å². The summed E-state index contributed by atoms with van der Waals surface area (Å²) < 4.78 is 10.1. The summed E-state index contributed by atoms with van der Waals surface area (Å²) in [4.78, 5) is 29.3. The van der Waals surface area contributed by atoms with Crippen LogP contribution >= 0.6 is 0 Å². The molecule has 0 fully saturated rings. The van der Waals surface area contributed by atoms with Gasteiger partial charge < -0.3 is 9.47 Å². The number of hydrogen-bond donors (Lipinski definition) is 1. The van der Waals surface area contributed by atoms with Gasteiger partial charge in [0.15, 0.2) is 5.65 Å². The van der Waals surface area contributed by atoms with Gasteiger partial charge in [0.2, 0.25) is 0 Å². The highest BCUT2D eigenvalue weighted by Gasteiger charge is 2.21. The molecule has 168 valence electrons. The van der Waals surface area contributed by atoms with Crippen LogP contribution in [0.2, 0.25) is 0 Å². The third-order valence-electron chi connectivity index (χ3n) is 5.49. The van der Waals surface area contributed by atoms with Crippen molar-refractivity contribution < 1.29 is 19.1 Å². The van der Waals surface area contributed by atoms with E-state index in [0.29, 0.717) is 39.5 Å². The molecule has 0 aliphatic heterocycles. The van der Waals surface area contributed by atoms with Crippen molar-refractivity contribution in [3.63, 3.8) is 0 Å². The summed E-state index contributed by atoms with van der Waals surface area (Å²) >= 11 is 0. The van der Waals surface area contributed by atoms with Crippen molar-refractivity contribution >= 4 is 23.0 Å². The number of ether oxygens (including phenoxy) is 2. The smallest absolute Gasteiger partial charge is 0.339 e. The van der Waals surface area contributed by atoms with E-state index < -0.39 is 11.9 Å². The molecule has 2 aromatic carbocycles. The second-order valence-electron chi connectivity index (χ2n) is 7.92. The van der Waals surface area contributed by atoms with Crippen molar-refractivity contribution in [3.8, 4) is 22.5 Å². The minimum Gasteiger partial charge on any atom is -0.465 e. The lowest BCUT2D eigenvalue weighted by Crippen LogP contribution is -2.07. The van der Waals surface area contributed by atoms with Gasteiger partial charge in [-0.1, -0.05) is 50.2 Å². The highest BCUT2D eigenvalue weighted by Crippen LogP contribution is 2.32. The molecule has 0 bridgehead atoms. The zero-order chi connectivity index (χ0) is 23.5. The van der Waals surface area contributed by atoms with Gasteiger partial charge in [0, 0.05) is 11.1 Å². The third-order valence-corrected chi connectivity index (χ3v) is 5.49. The number of methoxy groups -OCH3 is 1. The summed E-state index contributed by atoms with van der Waals surface area (Å²) in [5.74, 6) is -0.446. The number of fused-ring (bicyclic) bond motifs is 1. The summed E-state index contributed by atoms with van der Waals surface area (Å²) in [6.07, 6.45) is 0. The average Bonchev–Trinajstić information content (AvgIpc) is 3.27. The van der Waals surface area contributed by atoms with Gasteiger partial charge in [-0.3, -0.25) is 5.10 Å². The summed E-state index contributed by atoms with van der Waals surface area (Å²) in [6.45, 7) is 6.30. The molecule has 33 heavy (non-hydrogen) atoms. The summed E-state index contributed by atoms with van der Waals surface area (Å²) in [5.41, 5.74) is 5.36. The number of hydrogen-bond acceptors (Lipinski definition) is 6. The normalized spacial score (nSPS) is 11.1.